The molecule has 0 aliphatic carbocycles. The first kappa shape index (κ1) is 17.9. The number of aryl methyl sites for hydroxylation is 1. The van der Waals surface area contributed by atoms with Gasteiger partial charge in [0.2, 0.25) is 5.91 Å². The molecule has 1 amide bonds. The van der Waals surface area contributed by atoms with E-state index in [9.17, 15) is 4.79 Å². The van der Waals surface area contributed by atoms with Crippen molar-refractivity contribution < 1.29 is 4.79 Å². The number of aromatic nitrogens is 1. The Kier molecular flexibility index (Phi) is 6.04. The van der Waals surface area contributed by atoms with Crippen molar-refractivity contribution in [2.75, 3.05) is 38.0 Å². The summed E-state index contributed by atoms with van der Waals surface area (Å²) in [4.78, 5) is 21.3. The lowest BCUT2D eigenvalue weighted by Crippen LogP contribution is -2.48. The normalized spacial score (nSPS) is 15.4. The maximum absolute atomic E-state index is 12.5. The van der Waals surface area contributed by atoms with Gasteiger partial charge in [0, 0.05) is 37.2 Å². The Labute approximate surface area is 153 Å². The number of nitrogens with zero attached hydrogens (tertiary/aromatic N) is 3. The minimum absolute atomic E-state index is 0.180. The molecule has 3 rings (SSSR count). The fraction of sp³-hybridized carbons (Fsp3) is 0.474. The number of hydrogen-bond donors (Lipinski definition) is 1. The highest BCUT2D eigenvalue weighted by Gasteiger charge is 2.20. The zero-order chi connectivity index (χ0) is 17.6. The van der Waals surface area contributed by atoms with Crippen molar-refractivity contribution in [1.82, 2.24) is 14.8 Å². The van der Waals surface area contributed by atoms with Crippen molar-refractivity contribution in [3.05, 3.63) is 40.9 Å². The first-order valence-corrected chi connectivity index (χ1v) is 9.86. The van der Waals surface area contributed by atoms with Crippen LogP contribution in [0, 0.1) is 0 Å². The lowest BCUT2D eigenvalue weighted by Gasteiger charge is -2.34. The molecule has 0 spiro atoms. The van der Waals surface area contributed by atoms with Crippen LogP contribution in [0.15, 0.2) is 29.6 Å². The first-order valence-electron chi connectivity index (χ1n) is 8.98. The number of benzene rings is 1. The van der Waals surface area contributed by atoms with Crippen LogP contribution >= 0.6 is 11.3 Å². The Hall–Kier alpha value is -1.92. The molecule has 0 atom stereocenters. The van der Waals surface area contributed by atoms with Crippen LogP contribution in [0.4, 0.5) is 10.8 Å². The minimum Gasteiger partial charge on any atom is -0.340 e. The molecule has 0 radical (unpaired) electrons. The van der Waals surface area contributed by atoms with E-state index in [-0.39, 0.29) is 5.91 Å². The third-order valence-corrected chi connectivity index (χ3v) is 5.48. The van der Waals surface area contributed by atoms with E-state index < -0.39 is 0 Å². The number of piperazine rings is 1. The SMILES string of the molecule is CCc1ccc(Nc2nc(CC(=O)N3CCN(CC)CC3)cs2)cc1. The Morgan fingerprint density at radius 2 is 1.88 bits per heavy atom. The molecule has 1 aromatic carbocycles. The van der Waals surface area contributed by atoms with Crippen LogP contribution in [-0.4, -0.2) is 53.4 Å². The summed E-state index contributed by atoms with van der Waals surface area (Å²) in [6, 6.07) is 8.38. The monoisotopic (exact) mass is 358 g/mol. The van der Waals surface area contributed by atoms with E-state index in [1.165, 1.54) is 5.56 Å². The molecule has 134 valence electrons. The highest BCUT2D eigenvalue weighted by Crippen LogP contribution is 2.22. The Morgan fingerprint density at radius 3 is 2.52 bits per heavy atom. The van der Waals surface area contributed by atoms with Gasteiger partial charge in [-0.2, -0.15) is 0 Å². The van der Waals surface area contributed by atoms with Gasteiger partial charge >= 0.3 is 0 Å². The van der Waals surface area contributed by atoms with Crippen LogP contribution in [0.1, 0.15) is 25.1 Å². The number of carbonyl (C=O) groups excluding carboxylic acids is 1. The topological polar surface area (TPSA) is 48.5 Å². The number of hydrogen-bond acceptors (Lipinski definition) is 5. The summed E-state index contributed by atoms with van der Waals surface area (Å²) in [5.41, 5.74) is 3.19. The van der Waals surface area contributed by atoms with Gasteiger partial charge in [0.1, 0.15) is 0 Å². The van der Waals surface area contributed by atoms with Crippen LogP contribution < -0.4 is 5.32 Å². The molecule has 1 aliphatic heterocycles. The first-order chi connectivity index (χ1) is 12.2. The molecule has 1 aliphatic rings. The number of carbonyl (C=O) groups is 1. The molecule has 5 nitrogen and oxygen atoms in total. The van der Waals surface area contributed by atoms with Crippen molar-refractivity contribution in [1.29, 1.82) is 0 Å². The van der Waals surface area contributed by atoms with E-state index in [0.717, 1.165) is 55.7 Å². The average Bonchev–Trinajstić information content (AvgIpc) is 3.09. The van der Waals surface area contributed by atoms with E-state index in [0.29, 0.717) is 6.42 Å². The summed E-state index contributed by atoms with van der Waals surface area (Å²) < 4.78 is 0. The molecule has 25 heavy (non-hydrogen) atoms. The molecule has 2 heterocycles. The second-order valence-corrected chi connectivity index (χ2v) is 7.17. The maximum atomic E-state index is 12.5. The molecular formula is C19H26N4OS. The molecule has 1 N–H and O–H groups in total. The van der Waals surface area contributed by atoms with Gasteiger partial charge < -0.3 is 15.1 Å². The van der Waals surface area contributed by atoms with Crippen molar-refractivity contribution >= 4 is 28.1 Å². The van der Waals surface area contributed by atoms with Gasteiger partial charge in [0.05, 0.1) is 12.1 Å². The van der Waals surface area contributed by atoms with Crippen LogP contribution in [0.25, 0.3) is 0 Å². The zero-order valence-corrected chi connectivity index (χ0v) is 15.8. The Morgan fingerprint density at radius 1 is 1.16 bits per heavy atom. The van der Waals surface area contributed by atoms with Crippen molar-refractivity contribution in [2.45, 2.75) is 26.7 Å². The molecule has 1 saturated heterocycles. The average molecular weight is 359 g/mol. The van der Waals surface area contributed by atoms with Gasteiger partial charge in [-0.05, 0) is 30.7 Å². The Bertz CT molecular complexity index is 690. The van der Waals surface area contributed by atoms with Gasteiger partial charge in [-0.1, -0.05) is 26.0 Å². The van der Waals surface area contributed by atoms with Crippen molar-refractivity contribution in [3.63, 3.8) is 0 Å². The number of nitrogens with one attached hydrogen (secondary N) is 1. The third-order valence-electron chi connectivity index (χ3n) is 4.67. The lowest BCUT2D eigenvalue weighted by molar-refractivity contribution is -0.132. The standard InChI is InChI=1S/C19H26N4OS/c1-3-15-5-7-16(8-6-15)20-19-21-17(14-25-19)13-18(24)23-11-9-22(4-2)10-12-23/h5-8,14H,3-4,9-13H2,1-2H3,(H,20,21). The predicted molar refractivity (Wildman–Crippen MR) is 104 cm³/mol. The highest BCUT2D eigenvalue weighted by molar-refractivity contribution is 7.13. The second-order valence-electron chi connectivity index (χ2n) is 6.31. The quantitative estimate of drug-likeness (QED) is 0.862. The lowest BCUT2D eigenvalue weighted by atomic mass is 10.1. The van der Waals surface area contributed by atoms with Gasteiger partial charge in [0.25, 0.3) is 0 Å². The number of amides is 1. The molecule has 0 unspecified atom stereocenters. The summed E-state index contributed by atoms with van der Waals surface area (Å²) in [5.74, 6) is 0.180. The van der Waals surface area contributed by atoms with E-state index >= 15 is 0 Å². The van der Waals surface area contributed by atoms with E-state index in [2.05, 4.69) is 53.3 Å². The third kappa shape index (κ3) is 4.80. The maximum Gasteiger partial charge on any atom is 0.228 e. The summed E-state index contributed by atoms with van der Waals surface area (Å²) in [6.45, 7) is 8.96. The number of likely N-dealkylation sites (N-methyl/N-ethyl adjacent to an activating group) is 1. The zero-order valence-electron chi connectivity index (χ0n) is 15.0. The predicted octanol–water partition coefficient (Wildman–Crippen LogP) is 3.16. The number of rotatable bonds is 6. The molecule has 0 saturated carbocycles. The van der Waals surface area contributed by atoms with Crippen LogP contribution in [0.3, 0.4) is 0 Å². The second kappa shape index (κ2) is 8.45. The summed E-state index contributed by atoms with van der Waals surface area (Å²) in [7, 11) is 0. The van der Waals surface area contributed by atoms with E-state index in [1.54, 1.807) is 11.3 Å². The van der Waals surface area contributed by atoms with Crippen molar-refractivity contribution in [2.24, 2.45) is 0 Å². The summed E-state index contributed by atoms with van der Waals surface area (Å²) in [6.07, 6.45) is 1.43. The van der Waals surface area contributed by atoms with Gasteiger partial charge in [0.15, 0.2) is 5.13 Å². The smallest absolute Gasteiger partial charge is 0.228 e. The molecule has 6 heteroatoms. The number of thiazole rings is 1. The van der Waals surface area contributed by atoms with Crippen molar-refractivity contribution in [3.8, 4) is 0 Å². The van der Waals surface area contributed by atoms with Gasteiger partial charge in [-0.3, -0.25) is 4.79 Å². The minimum atomic E-state index is 0.180. The van der Waals surface area contributed by atoms with Crippen LogP contribution in [0.5, 0.6) is 0 Å². The molecular weight excluding hydrogens is 332 g/mol. The molecule has 1 fully saturated rings. The summed E-state index contributed by atoms with van der Waals surface area (Å²) in [5, 5.41) is 6.13. The molecule has 1 aromatic heterocycles. The fourth-order valence-electron chi connectivity index (χ4n) is 2.97. The fourth-order valence-corrected chi connectivity index (χ4v) is 3.70. The largest absolute Gasteiger partial charge is 0.340 e. The number of anilines is 2. The van der Waals surface area contributed by atoms with E-state index in [4.69, 9.17) is 0 Å². The Balaban J connectivity index is 1.53. The van der Waals surface area contributed by atoms with Crippen LogP contribution in [-0.2, 0) is 17.6 Å². The van der Waals surface area contributed by atoms with Gasteiger partial charge in [-0.25, -0.2) is 4.98 Å². The van der Waals surface area contributed by atoms with E-state index in [1.807, 2.05) is 10.3 Å². The highest BCUT2D eigenvalue weighted by atomic mass is 32.1. The molecule has 2 aromatic rings. The summed E-state index contributed by atoms with van der Waals surface area (Å²) >= 11 is 1.55. The van der Waals surface area contributed by atoms with Crippen LogP contribution in [0.2, 0.25) is 0 Å². The van der Waals surface area contributed by atoms with Gasteiger partial charge in [-0.15, -0.1) is 11.3 Å². The molecule has 0 bridgehead atoms.